The number of rotatable bonds is 3. The van der Waals surface area contributed by atoms with Crippen LogP contribution in [-0.4, -0.2) is 35.4 Å². The lowest BCUT2D eigenvalue weighted by Gasteiger charge is -2.30. The number of piperidine rings is 1. The second-order valence-corrected chi connectivity index (χ2v) is 7.99. The molecule has 1 aliphatic carbocycles. The molecule has 2 aromatic rings. The van der Waals surface area contributed by atoms with E-state index in [1.807, 2.05) is 12.3 Å². The molecule has 2 heterocycles. The van der Waals surface area contributed by atoms with E-state index in [4.69, 9.17) is 28.2 Å². The molecule has 2 nitrogen and oxygen atoms in total. The van der Waals surface area contributed by atoms with Gasteiger partial charge in [-0.05, 0) is 73.5 Å². The monoisotopic (exact) mass is 386 g/mol. The molecule has 1 aliphatic heterocycles. The van der Waals surface area contributed by atoms with Gasteiger partial charge in [0.2, 0.25) is 0 Å². The first-order chi connectivity index (χ1) is 12.8. The lowest BCUT2D eigenvalue weighted by molar-refractivity contribution is 0.258. The number of hydrogen-bond acceptors (Lipinski definition) is 2. The van der Waals surface area contributed by atoms with Crippen molar-refractivity contribution in [3.05, 3.63) is 69.5 Å². The van der Waals surface area contributed by atoms with E-state index >= 15 is 0 Å². The molecule has 1 fully saturated rings. The van der Waals surface area contributed by atoms with E-state index in [-0.39, 0.29) is 0 Å². The summed E-state index contributed by atoms with van der Waals surface area (Å²) in [6.45, 7) is 3.33. The molecule has 4 rings (SSSR count). The molecule has 1 saturated heterocycles. The van der Waals surface area contributed by atoms with Crippen molar-refractivity contribution in [1.29, 1.82) is 0 Å². The number of nitrogens with zero attached hydrogens (tertiary/aromatic N) is 2. The second-order valence-electron chi connectivity index (χ2n) is 7.18. The van der Waals surface area contributed by atoms with Gasteiger partial charge in [0.05, 0.1) is 5.69 Å². The van der Waals surface area contributed by atoms with Gasteiger partial charge >= 0.3 is 0 Å². The Bertz CT molecular complexity index is 819. The number of benzene rings is 1. The van der Waals surface area contributed by atoms with Gasteiger partial charge in [0, 0.05) is 35.8 Å². The molecular formula is C22H24Cl2N2. The molecule has 1 aromatic heterocycles. The van der Waals surface area contributed by atoms with Gasteiger partial charge in [0.25, 0.3) is 0 Å². The summed E-state index contributed by atoms with van der Waals surface area (Å²) in [4.78, 5) is 7.34. The fourth-order valence-electron chi connectivity index (χ4n) is 4.21. The molecule has 0 unspecified atom stereocenters. The highest BCUT2D eigenvalue weighted by molar-refractivity contribution is 6.30. The molecule has 4 heteroatoms. The zero-order chi connectivity index (χ0) is 17.9. The fourth-order valence-corrected chi connectivity index (χ4v) is 4.53. The van der Waals surface area contributed by atoms with Crippen LogP contribution in [0, 0.1) is 0 Å². The third-order valence-corrected chi connectivity index (χ3v) is 6.05. The van der Waals surface area contributed by atoms with Crippen LogP contribution in [0.25, 0.3) is 5.57 Å². The van der Waals surface area contributed by atoms with E-state index in [1.165, 1.54) is 33.5 Å². The van der Waals surface area contributed by atoms with Gasteiger partial charge in [-0.15, -0.1) is 11.6 Å². The van der Waals surface area contributed by atoms with Gasteiger partial charge in [-0.2, -0.15) is 0 Å². The molecule has 0 amide bonds. The Kier molecular flexibility index (Phi) is 5.63. The summed E-state index contributed by atoms with van der Waals surface area (Å²) in [6.07, 6.45) is 7.25. The predicted molar refractivity (Wildman–Crippen MR) is 110 cm³/mol. The summed E-state index contributed by atoms with van der Waals surface area (Å²) in [5.41, 5.74) is 8.11. The Morgan fingerprint density at radius 2 is 1.81 bits per heavy atom. The molecule has 0 atom stereocenters. The van der Waals surface area contributed by atoms with Crippen molar-refractivity contribution in [1.82, 2.24) is 9.88 Å². The van der Waals surface area contributed by atoms with Crippen molar-refractivity contribution < 1.29 is 0 Å². The summed E-state index contributed by atoms with van der Waals surface area (Å²) < 4.78 is 0. The van der Waals surface area contributed by atoms with Crippen LogP contribution in [-0.2, 0) is 12.8 Å². The van der Waals surface area contributed by atoms with E-state index in [1.54, 1.807) is 0 Å². The zero-order valence-electron chi connectivity index (χ0n) is 15.0. The standard InChI is InChI=1S/C22H24Cl2N2/c23-10-2-12-26-13-8-16(9-14-26)21-20-7-6-19(24)15-18(20)5-4-17-3-1-11-25-22(17)21/h1,3,6-7,11,15H,2,4-5,8-10,12-14H2. The number of alkyl halides is 1. The fraction of sp³-hybridized carbons (Fsp3) is 0.409. The summed E-state index contributed by atoms with van der Waals surface area (Å²) in [6, 6.07) is 10.6. The van der Waals surface area contributed by atoms with Gasteiger partial charge in [0.15, 0.2) is 0 Å². The highest BCUT2D eigenvalue weighted by Gasteiger charge is 2.24. The Hall–Kier alpha value is -1.35. The van der Waals surface area contributed by atoms with E-state index in [9.17, 15) is 0 Å². The van der Waals surface area contributed by atoms with E-state index in [0.717, 1.165) is 62.6 Å². The van der Waals surface area contributed by atoms with Gasteiger partial charge in [-0.3, -0.25) is 4.98 Å². The van der Waals surface area contributed by atoms with Crippen molar-refractivity contribution in [2.75, 3.05) is 25.5 Å². The highest BCUT2D eigenvalue weighted by Crippen LogP contribution is 2.38. The predicted octanol–water partition coefficient (Wildman–Crippen LogP) is 5.36. The molecule has 0 N–H and O–H groups in total. The minimum atomic E-state index is 0.746. The van der Waals surface area contributed by atoms with Crippen LogP contribution in [0.2, 0.25) is 5.02 Å². The third kappa shape index (κ3) is 3.69. The van der Waals surface area contributed by atoms with Crippen LogP contribution >= 0.6 is 23.2 Å². The van der Waals surface area contributed by atoms with Crippen LogP contribution in [0.5, 0.6) is 0 Å². The molecule has 1 aromatic carbocycles. The molecular weight excluding hydrogens is 363 g/mol. The summed E-state index contributed by atoms with van der Waals surface area (Å²) in [5.74, 6) is 0.746. The average Bonchev–Trinajstić information content (AvgIpc) is 2.83. The lowest BCUT2D eigenvalue weighted by atomic mass is 9.88. The van der Waals surface area contributed by atoms with Gasteiger partial charge in [-0.25, -0.2) is 0 Å². The minimum absolute atomic E-state index is 0.746. The number of pyridine rings is 1. The van der Waals surface area contributed by atoms with Gasteiger partial charge < -0.3 is 4.90 Å². The molecule has 0 bridgehead atoms. The maximum atomic E-state index is 6.29. The molecule has 0 spiro atoms. The largest absolute Gasteiger partial charge is 0.303 e. The van der Waals surface area contributed by atoms with Crippen molar-refractivity contribution >= 4 is 28.8 Å². The Labute approximate surface area is 165 Å². The maximum absolute atomic E-state index is 6.29. The van der Waals surface area contributed by atoms with Crippen LogP contribution in [0.3, 0.4) is 0 Å². The summed E-state index contributed by atoms with van der Waals surface area (Å²) in [5, 5.41) is 0.822. The van der Waals surface area contributed by atoms with Crippen LogP contribution in [0.4, 0.5) is 0 Å². The third-order valence-electron chi connectivity index (χ3n) is 5.55. The molecule has 0 saturated carbocycles. The SMILES string of the molecule is ClCCCN1CCC(=C2c3ccc(Cl)cc3CCc3cccnc32)CC1. The number of aryl methyl sites for hydroxylation is 2. The van der Waals surface area contributed by atoms with Crippen LogP contribution in [0.1, 0.15) is 41.6 Å². The lowest BCUT2D eigenvalue weighted by Crippen LogP contribution is -2.32. The highest BCUT2D eigenvalue weighted by atomic mass is 35.5. The Morgan fingerprint density at radius 3 is 2.62 bits per heavy atom. The van der Waals surface area contributed by atoms with Gasteiger partial charge in [0.1, 0.15) is 0 Å². The van der Waals surface area contributed by atoms with Crippen molar-refractivity contribution in [2.24, 2.45) is 0 Å². The minimum Gasteiger partial charge on any atom is -0.303 e. The first-order valence-corrected chi connectivity index (χ1v) is 10.4. The number of hydrogen-bond donors (Lipinski definition) is 0. The summed E-state index contributed by atoms with van der Waals surface area (Å²) >= 11 is 12.2. The Morgan fingerprint density at radius 1 is 1.00 bits per heavy atom. The smallest absolute Gasteiger partial charge is 0.0739 e. The number of fused-ring (bicyclic) bond motifs is 2. The van der Waals surface area contributed by atoms with E-state index in [2.05, 4.69) is 29.2 Å². The average molecular weight is 387 g/mol. The first kappa shape index (κ1) is 18.0. The number of halogens is 2. The molecule has 2 aliphatic rings. The molecule has 26 heavy (non-hydrogen) atoms. The van der Waals surface area contributed by atoms with E-state index < -0.39 is 0 Å². The van der Waals surface area contributed by atoms with Gasteiger partial charge in [-0.1, -0.05) is 29.3 Å². The maximum Gasteiger partial charge on any atom is 0.0739 e. The number of likely N-dealkylation sites (tertiary alicyclic amines) is 1. The van der Waals surface area contributed by atoms with Crippen molar-refractivity contribution in [2.45, 2.75) is 32.1 Å². The molecule has 0 radical (unpaired) electrons. The Balaban J connectivity index is 1.75. The topological polar surface area (TPSA) is 16.1 Å². The van der Waals surface area contributed by atoms with Crippen molar-refractivity contribution in [3.63, 3.8) is 0 Å². The van der Waals surface area contributed by atoms with Crippen molar-refractivity contribution in [3.8, 4) is 0 Å². The molecule has 136 valence electrons. The van der Waals surface area contributed by atoms with E-state index in [0.29, 0.717) is 0 Å². The quantitative estimate of drug-likeness (QED) is 0.659. The summed E-state index contributed by atoms with van der Waals surface area (Å²) in [7, 11) is 0. The number of aromatic nitrogens is 1. The first-order valence-electron chi connectivity index (χ1n) is 9.49. The zero-order valence-corrected chi connectivity index (χ0v) is 16.5. The van der Waals surface area contributed by atoms with Crippen LogP contribution in [0.15, 0.2) is 42.1 Å². The normalized spacial score (nSPS) is 17.6. The van der Waals surface area contributed by atoms with Crippen LogP contribution < -0.4 is 0 Å². The second kappa shape index (κ2) is 8.12.